The molecule has 0 bridgehead atoms. The van der Waals surface area contributed by atoms with Gasteiger partial charge in [-0.15, -0.1) is 11.6 Å². The minimum atomic E-state index is -0.403. The molecule has 2 atom stereocenters. The van der Waals surface area contributed by atoms with E-state index in [9.17, 15) is 5.26 Å². The van der Waals surface area contributed by atoms with Crippen molar-refractivity contribution in [3.05, 3.63) is 35.9 Å². The van der Waals surface area contributed by atoms with E-state index >= 15 is 0 Å². The fraction of sp³-hybridized carbons (Fsp3) is 0.533. The summed E-state index contributed by atoms with van der Waals surface area (Å²) in [4.78, 5) is 2.22. The van der Waals surface area contributed by atoms with Gasteiger partial charge in [0.25, 0.3) is 0 Å². The van der Waals surface area contributed by atoms with Crippen LogP contribution in [-0.2, 0) is 5.41 Å². The van der Waals surface area contributed by atoms with Crippen molar-refractivity contribution in [2.75, 3.05) is 19.0 Å². The molecule has 1 aliphatic heterocycles. The molecule has 3 heteroatoms. The molecule has 18 heavy (non-hydrogen) atoms. The number of benzene rings is 1. The normalized spacial score (nSPS) is 32.3. The fourth-order valence-electron chi connectivity index (χ4n) is 3.10. The van der Waals surface area contributed by atoms with Crippen LogP contribution < -0.4 is 0 Å². The first-order valence-electron chi connectivity index (χ1n) is 6.32. The molecule has 0 N–H and O–H groups in total. The Morgan fingerprint density at radius 2 is 2.00 bits per heavy atom. The van der Waals surface area contributed by atoms with Gasteiger partial charge in [-0.05, 0) is 18.9 Å². The van der Waals surface area contributed by atoms with E-state index in [1.54, 1.807) is 0 Å². The molecular formula is C15H19ClN2. The van der Waals surface area contributed by atoms with Gasteiger partial charge in [0.05, 0.1) is 6.07 Å². The van der Waals surface area contributed by atoms with Crippen molar-refractivity contribution < 1.29 is 0 Å². The molecular weight excluding hydrogens is 244 g/mol. The second-order valence-electron chi connectivity index (χ2n) is 5.60. The van der Waals surface area contributed by atoms with Crippen LogP contribution in [0.1, 0.15) is 25.8 Å². The van der Waals surface area contributed by atoms with Crippen molar-refractivity contribution in [3.8, 4) is 6.07 Å². The molecule has 2 nitrogen and oxygen atoms in total. The lowest BCUT2D eigenvalue weighted by Gasteiger charge is -2.27. The SMILES string of the molecule is CC1(c2ccccc2)CN(CCCl)C(C)(C#N)C1. The molecule has 2 unspecified atom stereocenters. The average molecular weight is 263 g/mol. The lowest BCUT2D eigenvalue weighted by atomic mass is 9.78. The van der Waals surface area contributed by atoms with Crippen LogP contribution in [0, 0.1) is 11.3 Å². The van der Waals surface area contributed by atoms with E-state index in [1.165, 1.54) is 5.56 Å². The number of nitriles is 1. The molecule has 1 heterocycles. The van der Waals surface area contributed by atoms with Gasteiger partial charge in [-0.25, -0.2) is 0 Å². The predicted molar refractivity (Wildman–Crippen MR) is 74.7 cm³/mol. The Morgan fingerprint density at radius 3 is 2.56 bits per heavy atom. The molecule has 96 valence electrons. The van der Waals surface area contributed by atoms with Crippen molar-refractivity contribution >= 4 is 11.6 Å². The van der Waals surface area contributed by atoms with E-state index in [4.69, 9.17) is 11.6 Å². The first-order valence-corrected chi connectivity index (χ1v) is 6.85. The van der Waals surface area contributed by atoms with Gasteiger partial charge in [-0.2, -0.15) is 5.26 Å². The van der Waals surface area contributed by atoms with Gasteiger partial charge in [0, 0.05) is 24.4 Å². The second-order valence-corrected chi connectivity index (χ2v) is 5.98. The highest BCUT2D eigenvalue weighted by atomic mass is 35.5. The highest BCUT2D eigenvalue weighted by molar-refractivity contribution is 6.18. The molecule has 1 aliphatic rings. The molecule has 0 radical (unpaired) electrons. The molecule has 1 aromatic carbocycles. The van der Waals surface area contributed by atoms with E-state index in [0.29, 0.717) is 5.88 Å². The standard InChI is InChI=1S/C15H19ClN2/c1-14(13-6-4-3-5-7-13)10-15(2,11-17)18(12-14)9-8-16/h3-7H,8-10,12H2,1-2H3. The largest absolute Gasteiger partial charge is 0.284 e. The van der Waals surface area contributed by atoms with Gasteiger partial charge in [-0.3, -0.25) is 4.90 Å². The first kappa shape index (κ1) is 13.4. The van der Waals surface area contributed by atoms with E-state index < -0.39 is 5.54 Å². The zero-order valence-electron chi connectivity index (χ0n) is 11.0. The van der Waals surface area contributed by atoms with Crippen LogP contribution in [0.4, 0.5) is 0 Å². The van der Waals surface area contributed by atoms with Crippen LogP contribution in [0.5, 0.6) is 0 Å². The minimum absolute atomic E-state index is 0.0395. The summed E-state index contributed by atoms with van der Waals surface area (Å²) in [5, 5.41) is 9.47. The summed E-state index contributed by atoms with van der Waals surface area (Å²) in [5.74, 6) is 0.572. The van der Waals surface area contributed by atoms with Crippen LogP contribution in [0.15, 0.2) is 30.3 Å². The Kier molecular flexibility index (Phi) is 3.66. The third kappa shape index (κ3) is 2.25. The Bertz CT molecular complexity index is 453. The molecule has 1 saturated heterocycles. The number of rotatable bonds is 3. The van der Waals surface area contributed by atoms with E-state index in [2.05, 4.69) is 42.2 Å². The van der Waals surface area contributed by atoms with Crippen LogP contribution in [0.2, 0.25) is 0 Å². The third-order valence-electron chi connectivity index (χ3n) is 4.04. The van der Waals surface area contributed by atoms with Gasteiger partial charge >= 0.3 is 0 Å². The maximum atomic E-state index is 9.47. The molecule has 0 saturated carbocycles. The molecule has 1 aromatic rings. The van der Waals surface area contributed by atoms with Crippen molar-refractivity contribution in [1.82, 2.24) is 4.90 Å². The molecule has 0 aromatic heterocycles. The zero-order chi connectivity index (χ0) is 13.2. The summed E-state index contributed by atoms with van der Waals surface area (Å²) in [6, 6.07) is 12.9. The monoisotopic (exact) mass is 262 g/mol. The van der Waals surface area contributed by atoms with Crippen LogP contribution >= 0.6 is 11.6 Å². The third-order valence-corrected chi connectivity index (χ3v) is 4.21. The Morgan fingerprint density at radius 1 is 1.33 bits per heavy atom. The van der Waals surface area contributed by atoms with Crippen molar-refractivity contribution in [3.63, 3.8) is 0 Å². The molecule has 0 aliphatic carbocycles. The predicted octanol–water partition coefficient (Wildman–Crippen LogP) is 3.17. The lowest BCUT2D eigenvalue weighted by molar-refractivity contribution is 0.220. The second kappa shape index (κ2) is 4.91. The molecule has 1 fully saturated rings. The van der Waals surface area contributed by atoms with Crippen LogP contribution in [0.25, 0.3) is 0 Å². The fourth-order valence-corrected chi connectivity index (χ4v) is 3.30. The summed E-state index contributed by atoms with van der Waals surface area (Å²) in [5.41, 5.74) is 0.945. The summed E-state index contributed by atoms with van der Waals surface area (Å²) in [6.45, 7) is 5.93. The van der Waals surface area contributed by atoms with E-state index in [1.807, 2.05) is 13.0 Å². The molecule has 0 amide bonds. The number of likely N-dealkylation sites (tertiary alicyclic amines) is 1. The summed E-state index contributed by atoms with van der Waals surface area (Å²) in [7, 11) is 0. The Labute approximate surface area is 114 Å². The topological polar surface area (TPSA) is 27.0 Å². The van der Waals surface area contributed by atoms with Gasteiger partial charge < -0.3 is 0 Å². The number of alkyl halides is 1. The summed E-state index contributed by atoms with van der Waals surface area (Å²) >= 11 is 5.85. The average Bonchev–Trinajstić information content (AvgIpc) is 2.65. The summed E-state index contributed by atoms with van der Waals surface area (Å²) < 4.78 is 0. The molecule has 2 rings (SSSR count). The number of halogens is 1. The Hall–Kier alpha value is -1.04. The van der Waals surface area contributed by atoms with E-state index in [-0.39, 0.29) is 5.41 Å². The summed E-state index contributed by atoms with van der Waals surface area (Å²) in [6.07, 6.45) is 0.859. The van der Waals surface area contributed by atoms with Crippen LogP contribution in [0.3, 0.4) is 0 Å². The highest BCUT2D eigenvalue weighted by Gasteiger charge is 2.48. The van der Waals surface area contributed by atoms with Gasteiger partial charge in [0.1, 0.15) is 5.54 Å². The van der Waals surface area contributed by atoms with Crippen molar-refractivity contribution in [2.45, 2.75) is 31.2 Å². The molecule has 0 spiro atoms. The van der Waals surface area contributed by atoms with Gasteiger partial charge in [0.15, 0.2) is 0 Å². The number of hydrogen-bond donors (Lipinski definition) is 0. The van der Waals surface area contributed by atoms with E-state index in [0.717, 1.165) is 19.5 Å². The lowest BCUT2D eigenvalue weighted by Crippen LogP contribution is -2.40. The van der Waals surface area contributed by atoms with Gasteiger partial charge in [0.2, 0.25) is 0 Å². The first-order chi connectivity index (χ1) is 8.54. The van der Waals surface area contributed by atoms with Crippen molar-refractivity contribution in [1.29, 1.82) is 5.26 Å². The Balaban J connectivity index is 2.31. The van der Waals surface area contributed by atoms with Crippen LogP contribution in [-0.4, -0.2) is 29.4 Å². The van der Waals surface area contributed by atoms with Gasteiger partial charge in [-0.1, -0.05) is 37.3 Å². The minimum Gasteiger partial charge on any atom is -0.284 e. The maximum Gasteiger partial charge on any atom is 0.107 e. The maximum absolute atomic E-state index is 9.47. The number of hydrogen-bond acceptors (Lipinski definition) is 2. The quantitative estimate of drug-likeness (QED) is 0.783. The van der Waals surface area contributed by atoms with Crippen molar-refractivity contribution in [2.24, 2.45) is 0 Å². The number of nitrogens with zero attached hydrogens (tertiary/aromatic N) is 2. The highest BCUT2D eigenvalue weighted by Crippen LogP contribution is 2.43. The zero-order valence-corrected chi connectivity index (χ0v) is 11.7. The smallest absolute Gasteiger partial charge is 0.107 e.